The molecule has 212 valence electrons. The average molecular weight is 553 g/mol. The lowest BCUT2D eigenvalue weighted by Crippen LogP contribution is -2.41. The van der Waals surface area contributed by atoms with Gasteiger partial charge in [-0.15, -0.1) is 6.58 Å². The van der Waals surface area contributed by atoms with E-state index in [9.17, 15) is 22.0 Å². The SMILES string of the molecule is C=CC(CC)(c1cc2nc(C)nc(N[C@H](C)c3cccc(C(F)(F)C(C)C)c3F)c2cc1N(C)C)C(F)(F)F. The van der Waals surface area contributed by atoms with Crippen molar-refractivity contribution in [3.63, 3.8) is 0 Å². The molecule has 0 bridgehead atoms. The first kappa shape index (κ1) is 30.2. The van der Waals surface area contributed by atoms with Crippen LogP contribution >= 0.6 is 0 Å². The molecule has 10 heteroatoms. The zero-order chi connectivity index (χ0) is 29.5. The van der Waals surface area contributed by atoms with Crippen LogP contribution in [-0.2, 0) is 11.3 Å². The van der Waals surface area contributed by atoms with Crippen molar-refractivity contribution >= 4 is 22.4 Å². The van der Waals surface area contributed by atoms with E-state index < -0.39 is 40.9 Å². The third kappa shape index (κ3) is 5.30. The normalized spacial score (nSPS) is 14.8. The van der Waals surface area contributed by atoms with Crippen LogP contribution in [0.3, 0.4) is 0 Å². The maximum atomic E-state index is 15.3. The lowest BCUT2D eigenvalue weighted by Gasteiger charge is -2.35. The molecule has 0 fully saturated rings. The summed E-state index contributed by atoms with van der Waals surface area (Å²) in [5.74, 6) is -4.99. The van der Waals surface area contributed by atoms with Crippen molar-refractivity contribution in [3.05, 3.63) is 71.3 Å². The summed E-state index contributed by atoms with van der Waals surface area (Å²) in [6, 6.07) is 6.00. The minimum absolute atomic E-state index is 0.00300. The lowest BCUT2D eigenvalue weighted by molar-refractivity contribution is -0.176. The van der Waals surface area contributed by atoms with E-state index in [2.05, 4.69) is 21.9 Å². The van der Waals surface area contributed by atoms with Crippen LogP contribution in [0.4, 0.5) is 37.8 Å². The summed E-state index contributed by atoms with van der Waals surface area (Å²) in [5.41, 5.74) is -2.46. The number of nitrogens with one attached hydrogen (secondary N) is 1. The van der Waals surface area contributed by atoms with Gasteiger partial charge in [-0.3, -0.25) is 0 Å². The molecule has 1 N–H and O–H groups in total. The quantitative estimate of drug-likeness (QED) is 0.214. The Kier molecular flexibility index (Phi) is 8.29. The zero-order valence-electron chi connectivity index (χ0n) is 23.1. The Balaban J connectivity index is 2.21. The molecule has 39 heavy (non-hydrogen) atoms. The molecule has 0 saturated carbocycles. The van der Waals surface area contributed by atoms with Crippen molar-refractivity contribution in [2.45, 2.75) is 64.6 Å². The highest BCUT2D eigenvalue weighted by atomic mass is 19.4. The molecule has 1 aromatic heterocycles. The summed E-state index contributed by atoms with van der Waals surface area (Å²) in [7, 11) is 3.26. The maximum Gasteiger partial charge on any atom is 0.401 e. The van der Waals surface area contributed by atoms with E-state index in [4.69, 9.17) is 0 Å². The Morgan fingerprint density at radius 1 is 1.03 bits per heavy atom. The van der Waals surface area contributed by atoms with Crippen molar-refractivity contribution in [3.8, 4) is 0 Å². The van der Waals surface area contributed by atoms with Gasteiger partial charge in [0.15, 0.2) is 0 Å². The number of benzene rings is 2. The smallest absolute Gasteiger partial charge is 0.377 e. The molecule has 4 nitrogen and oxygen atoms in total. The Bertz CT molecular complexity index is 1370. The second-order valence-electron chi connectivity index (χ2n) is 10.3. The topological polar surface area (TPSA) is 41.1 Å². The molecule has 0 aliphatic heterocycles. The van der Waals surface area contributed by atoms with Crippen LogP contribution < -0.4 is 10.2 Å². The molecule has 0 spiro atoms. The molecule has 3 rings (SSSR count). The van der Waals surface area contributed by atoms with Gasteiger partial charge in [-0.1, -0.05) is 45.0 Å². The van der Waals surface area contributed by atoms with E-state index in [1.54, 1.807) is 38.9 Å². The number of aromatic nitrogens is 2. The summed E-state index contributed by atoms with van der Waals surface area (Å²) in [5, 5.41) is 3.48. The average Bonchev–Trinajstić information content (AvgIpc) is 2.83. The van der Waals surface area contributed by atoms with E-state index >= 15 is 4.39 Å². The van der Waals surface area contributed by atoms with Crippen molar-refractivity contribution in [2.24, 2.45) is 5.92 Å². The summed E-state index contributed by atoms with van der Waals surface area (Å²) >= 11 is 0. The van der Waals surface area contributed by atoms with Crippen LogP contribution in [0.1, 0.15) is 62.7 Å². The number of halogens is 6. The first-order valence-electron chi connectivity index (χ1n) is 12.7. The minimum Gasteiger partial charge on any atom is -0.377 e. The molecule has 0 aliphatic carbocycles. The van der Waals surface area contributed by atoms with Crippen molar-refractivity contribution < 1.29 is 26.3 Å². The molecule has 1 unspecified atom stereocenters. The first-order chi connectivity index (χ1) is 18.0. The number of aryl methyl sites for hydroxylation is 1. The molecular formula is C29H34F6N4. The lowest BCUT2D eigenvalue weighted by atomic mass is 9.76. The molecule has 0 amide bonds. The molecule has 2 aromatic carbocycles. The molecule has 0 radical (unpaired) electrons. The van der Waals surface area contributed by atoms with Crippen LogP contribution in [-0.4, -0.2) is 30.2 Å². The van der Waals surface area contributed by atoms with Gasteiger partial charge in [0.1, 0.15) is 22.9 Å². The molecule has 1 heterocycles. The van der Waals surface area contributed by atoms with E-state index in [-0.39, 0.29) is 40.4 Å². The summed E-state index contributed by atoms with van der Waals surface area (Å²) < 4.78 is 87.9. The van der Waals surface area contributed by atoms with E-state index in [1.807, 2.05) is 0 Å². The largest absolute Gasteiger partial charge is 0.401 e. The highest BCUT2D eigenvalue weighted by molar-refractivity contribution is 5.93. The number of hydrogen-bond acceptors (Lipinski definition) is 4. The molecule has 0 aliphatic rings. The van der Waals surface area contributed by atoms with Crippen LogP contribution in [0.25, 0.3) is 10.9 Å². The molecule has 2 atom stereocenters. The standard InChI is InChI=1S/C29H34F6N4/c1-9-27(10-2,29(33,34)35)22-15-23-20(14-24(22)39(7)8)26(38-18(6)37-23)36-17(5)19-12-11-13-21(25(19)30)28(31,32)16(3)4/h9,11-17H,1,10H2,2-8H3,(H,36,37,38)/t17-,27?/m1/s1. The van der Waals surface area contributed by atoms with Gasteiger partial charge in [0, 0.05) is 36.7 Å². The van der Waals surface area contributed by atoms with E-state index in [1.165, 1.54) is 39.0 Å². The number of hydrogen-bond donors (Lipinski definition) is 1. The Morgan fingerprint density at radius 2 is 1.67 bits per heavy atom. The third-order valence-electron chi connectivity index (χ3n) is 7.23. The Hall–Kier alpha value is -3.30. The van der Waals surface area contributed by atoms with Gasteiger partial charge in [-0.25, -0.2) is 23.1 Å². The molecule has 3 aromatic rings. The summed E-state index contributed by atoms with van der Waals surface area (Å²) in [4.78, 5) is 10.4. The molecule has 0 saturated heterocycles. The minimum atomic E-state index is -4.61. The van der Waals surface area contributed by atoms with Crippen LogP contribution in [0.15, 0.2) is 43.0 Å². The Morgan fingerprint density at radius 3 is 2.18 bits per heavy atom. The maximum absolute atomic E-state index is 15.3. The van der Waals surface area contributed by atoms with Gasteiger partial charge in [0.05, 0.1) is 17.1 Å². The summed E-state index contributed by atoms with van der Waals surface area (Å²) in [6.45, 7) is 10.8. The highest BCUT2D eigenvalue weighted by Crippen LogP contribution is 2.49. The number of nitrogens with zero attached hydrogens (tertiary/aromatic N) is 3. The van der Waals surface area contributed by atoms with Crippen molar-refractivity contribution in [2.75, 3.05) is 24.3 Å². The van der Waals surface area contributed by atoms with Crippen LogP contribution in [0.5, 0.6) is 0 Å². The number of allylic oxidation sites excluding steroid dienone is 1. The number of alkyl halides is 5. The third-order valence-corrected chi connectivity index (χ3v) is 7.23. The van der Waals surface area contributed by atoms with Crippen molar-refractivity contribution in [1.82, 2.24) is 9.97 Å². The fourth-order valence-corrected chi connectivity index (χ4v) is 4.77. The highest BCUT2D eigenvalue weighted by Gasteiger charge is 2.53. The van der Waals surface area contributed by atoms with E-state index in [0.717, 1.165) is 12.1 Å². The van der Waals surface area contributed by atoms with Gasteiger partial charge in [0.25, 0.3) is 5.92 Å². The predicted octanol–water partition coefficient (Wildman–Crippen LogP) is 8.46. The summed E-state index contributed by atoms with van der Waals surface area (Å²) in [6.07, 6.45) is -3.96. The van der Waals surface area contributed by atoms with Crippen LogP contribution in [0.2, 0.25) is 0 Å². The monoisotopic (exact) mass is 552 g/mol. The van der Waals surface area contributed by atoms with Gasteiger partial charge < -0.3 is 10.2 Å². The predicted molar refractivity (Wildman–Crippen MR) is 144 cm³/mol. The van der Waals surface area contributed by atoms with Gasteiger partial charge in [-0.05, 0) is 38.0 Å². The first-order valence-corrected chi connectivity index (χ1v) is 12.7. The number of fused-ring (bicyclic) bond motifs is 1. The van der Waals surface area contributed by atoms with Gasteiger partial charge in [0.2, 0.25) is 0 Å². The fourth-order valence-electron chi connectivity index (χ4n) is 4.77. The van der Waals surface area contributed by atoms with E-state index in [0.29, 0.717) is 5.39 Å². The number of anilines is 2. The Labute approximate surface area is 225 Å². The number of rotatable bonds is 9. The van der Waals surface area contributed by atoms with Gasteiger partial charge in [-0.2, -0.15) is 13.2 Å². The van der Waals surface area contributed by atoms with Crippen molar-refractivity contribution in [1.29, 1.82) is 0 Å². The zero-order valence-corrected chi connectivity index (χ0v) is 23.1. The van der Waals surface area contributed by atoms with Gasteiger partial charge >= 0.3 is 6.18 Å². The second kappa shape index (κ2) is 10.7. The van der Waals surface area contributed by atoms with Crippen LogP contribution in [0, 0.1) is 18.7 Å². The second-order valence-corrected chi connectivity index (χ2v) is 10.3. The molecular weight excluding hydrogens is 518 g/mol. The fraction of sp³-hybridized carbons (Fsp3) is 0.448.